The van der Waals surface area contributed by atoms with Crippen LogP contribution in [0.3, 0.4) is 0 Å². The van der Waals surface area contributed by atoms with Crippen molar-refractivity contribution in [3.63, 3.8) is 0 Å². The summed E-state index contributed by atoms with van der Waals surface area (Å²) in [5.41, 5.74) is 1.61. The Morgan fingerprint density at radius 1 is 1.06 bits per heavy atom. The van der Waals surface area contributed by atoms with E-state index in [0.29, 0.717) is 5.56 Å². The number of anilines is 1. The lowest BCUT2D eigenvalue weighted by Crippen LogP contribution is -2.28. The first-order chi connectivity index (χ1) is 8.74. The summed E-state index contributed by atoms with van der Waals surface area (Å²) in [5, 5.41) is 9.17. The van der Waals surface area contributed by atoms with Crippen molar-refractivity contribution in [3.05, 3.63) is 29.6 Å². The summed E-state index contributed by atoms with van der Waals surface area (Å²) >= 11 is 0. The van der Waals surface area contributed by atoms with E-state index in [1.54, 1.807) is 6.07 Å². The molecule has 2 saturated carbocycles. The lowest BCUT2D eigenvalue weighted by Gasteiger charge is -2.25. The van der Waals surface area contributed by atoms with Crippen LogP contribution < -0.4 is 4.90 Å². The summed E-state index contributed by atoms with van der Waals surface area (Å²) in [6.07, 6.45) is 5.24. The van der Waals surface area contributed by atoms with Crippen molar-refractivity contribution < 1.29 is 9.50 Å². The second-order valence-electron chi connectivity index (χ2n) is 5.77. The fraction of sp³-hybridized carbons (Fsp3) is 0.600. The summed E-state index contributed by atoms with van der Waals surface area (Å²) < 4.78 is 13.5. The maximum atomic E-state index is 13.5. The fourth-order valence-electron chi connectivity index (χ4n) is 2.42. The molecule has 1 aromatic rings. The summed E-state index contributed by atoms with van der Waals surface area (Å²) in [6.45, 7) is 2.00. The van der Waals surface area contributed by atoms with Gasteiger partial charge in [0.25, 0.3) is 0 Å². The Morgan fingerprint density at radius 3 is 2.17 bits per heavy atom. The predicted molar refractivity (Wildman–Crippen MR) is 70.0 cm³/mol. The third-order valence-corrected chi connectivity index (χ3v) is 3.84. The molecule has 1 N–H and O–H groups in total. The van der Waals surface area contributed by atoms with E-state index in [2.05, 4.69) is 4.90 Å². The highest BCUT2D eigenvalue weighted by Crippen LogP contribution is 2.36. The summed E-state index contributed by atoms with van der Waals surface area (Å²) in [7, 11) is 0. The lowest BCUT2D eigenvalue weighted by atomic mass is 10.1. The van der Waals surface area contributed by atoms with Gasteiger partial charge in [-0.3, -0.25) is 0 Å². The van der Waals surface area contributed by atoms with E-state index < -0.39 is 0 Å². The van der Waals surface area contributed by atoms with E-state index in [-0.39, 0.29) is 12.4 Å². The van der Waals surface area contributed by atoms with Gasteiger partial charge < -0.3 is 10.0 Å². The minimum Gasteiger partial charge on any atom is -0.392 e. The number of nitrogens with zero attached hydrogens (tertiary/aromatic N) is 1. The van der Waals surface area contributed by atoms with Gasteiger partial charge in [-0.1, -0.05) is 0 Å². The number of rotatable bonds is 6. The normalized spacial score (nSPS) is 19.0. The molecule has 98 valence electrons. The molecule has 18 heavy (non-hydrogen) atoms. The average Bonchev–Trinajstić information content (AvgIpc) is 3.22. The van der Waals surface area contributed by atoms with Crippen molar-refractivity contribution in [2.45, 2.75) is 32.3 Å². The van der Waals surface area contributed by atoms with Gasteiger partial charge in [-0.2, -0.15) is 0 Å². The second-order valence-corrected chi connectivity index (χ2v) is 5.77. The first kappa shape index (κ1) is 12.0. The van der Waals surface area contributed by atoms with Gasteiger partial charge in [0.1, 0.15) is 5.82 Å². The quantitative estimate of drug-likeness (QED) is 0.838. The van der Waals surface area contributed by atoms with Crippen LogP contribution in [0.2, 0.25) is 0 Å². The van der Waals surface area contributed by atoms with Crippen LogP contribution in [0.15, 0.2) is 18.2 Å². The summed E-state index contributed by atoms with van der Waals surface area (Å²) in [5.74, 6) is 1.35. The first-order valence-electron chi connectivity index (χ1n) is 6.90. The Kier molecular flexibility index (Phi) is 3.25. The van der Waals surface area contributed by atoms with Crippen LogP contribution in [-0.4, -0.2) is 18.2 Å². The molecule has 3 rings (SSSR count). The Bertz CT molecular complexity index is 413. The Balaban J connectivity index is 1.79. The third-order valence-electron chi connectivity index (χ3n) is 3.84. The van der Waals surface area contributed by atoms with Crippen LogP contribution in [0, 0.1) is 17.7 Å². The van der Waals surface area contributed by atoms with Crippen LogP contribution in [0.1, 0.15) is 31.2 Å². The molecule has 0 saturated heterocycles. The Hall–Kier alpha value is -1.09. The maximum absolute atomic E-state index is 13.5. The van der Waals surface area contributed by atoms with Gasteiger partial charge in [0, 0.05) is 18.8 Å². The number of hydrogen-bond donors (Lipinski definition) is 1. The van der Waals surface area contributed by atoms with E-state index in [1.807, 2.05) is 6.07 Å². The van der Waals surface area contributed by atoms with Gasteiger partial charge in [-0.25, -0.2) is 4.39 Å². The highest BCUT2D eigenvalue weighted by molar-refractivity contribution is 5.49. The Morgan fingerprint density at radius 2 is 1.67 bits per heavy atom. The molecular formula is C15H20FNO. The number of aliphatic hydroxyl groups excluding tert-OH is 1. The number of benzene rings is 1. The molecule has 0 unspecified atom stereocenters. The molecule has 0 radical (unpaired) electrons. The van der Waals surface area contributed by atoms with E-state index in [1.165, 1.54) is 31.7 Å². The molecule has 0 aliphatic heterocycles. The van der Waals surface area contributed by atoms with Gasteiger partial charge in [0.15, 0.2) is 0 Å². The SMILES string of the molecule is OCc1cc(F)cc(N(CC2CC2)CC2CC2)c1. The predicted octanol–water partition coefficient (Wildman–Crippen LogP) is 2.94. The van der Waals surface area contributed by atoms with Crippen LogP contribution in [0.5, 0.6) is 0 Å². The fourth-order valence-corrected chi connectivity index (χ4v) is 2.42. The first-order valence-corrected chi connectivity index (χ1v) is 6.90. The molecule has 0 atom stereocenters. The number of hydrogen-bond acceptors (Lipinski definition) is 2. The van der Waals surface area contributed by atoms with Crippen LogP contribution in [-0.2, 0) is 6.61 Å². The maximum Gasteiger partial charge on any atom is 0.125 e. The second kappa shape index (κ2) is 4.88. The summed E-state index contributed by atoms with van der Waals surface area (Å²) in [4.78, 5) is 2.32. The zero-order chi connectivity index (χ0) is 12.5. The molecule has 2 nitrogen and oxygen atoms in total. The molecule has 0 heterocycles. The Labute approximate surface area is 107 Å². The highest BCUT2D eigenvalue weighted by Gasteiger charge is 2.29. The van der Waals surface area contributed by atoms with Crippen molar-refractivity contribution in [1.29, 1.82) is 0 Å². The van der Waals surface area contributed by atoms with Crippen molar-refractivity contribution >= 4 is 5.69 Å². The largest absolute Gasteiger partial charge is 0.392 e. The zero-order valence-electron chi connectivity index (χ0n) is 10.6. The standard InChI is InChI=1S/C15H20FNO/c16-14-5-13(10-18)6-15(7-14)17(8-11-1-2-11)9-12-3-4-12/h5-7,11-12,18H,1-4,8-10H2. The highest BCUT2D eigenvalue weighted by atomic mass is 19.1. The molecule has 1 aromatic carbocycles. The molecule has 2 fully saturated rings. The van der Waals surface area contributed by atoms with Gasteiger partial charge >= 0.3 is 0 Å². The molecule has 0 spiro atoms. The monoisotopic (exact) mass is 249 g/mol. The third kappa shape index (κ3) is 3.02. The van der Waals surface area contributed by atoms with Gasteiger partial charge in [-0.05, 0) is 61.3 Å². The number of halogens is 1. The topological polar surface area (TPSA) is 23.5 Å². The average molecular weight is 249 g/mol. The zero-order valence-corrected chi connectivity index (χ0v) is 10.6. The van der Waals surface area contributed by atoms with Crippen LogP contribution >= 0.6 is 0 Å². The van der Waals surface area contributed by atoms with E-state index >= 15 is 0 Å². The molecule has 3 heteroatoms. The molecule has 0 bridgehead atoms. The van der Waals surface area contributed by atoms with Gasteiger partial charge in [-0.15, -0.1) is 0 Å². The molecule has 0 aromatic heterocycles. The molecular weight excluding hydrogens is 229 g/mol. The molecule has 2 aliphatic carbocycles. The summed E-state index contributed by atoms with van der Waals surface area (Å²) in [6, 6.07) is 4.94. The number of aliphatic hydroxyl groups is 1. The minimum atomic E-state index is -0.242. The smallest absolute Gasteiger partial charge is 0.125 e. The van der Waals surface area contributed by atoms with Crippen LogP contribution in [0.4, 0.5) is 10.1 Å². The molecule has 0 amide bonds. The van der Waals surface area contributed by atoms with Gasteiger partial charge in [0.2, 0.25) is 0 Å². The van der Waals surface area contributed by atoms with E-state index in [0.717, 1.165) is 30.6 Å². The van der Waals surface area contributed by atoms with Crippen molar-refractivity contribution in [2.24, 2.45) is 11.8 Å². The van der Waals surface area contributed by atoms with E-state index in [4.69, 9.17) is 0 Å². The lowest BCUT2D eigenvalue weighted by molar-refractivity contribution is 0.281. The van der Waals surface area contributed by atoms with Crippen molar-refractivity contribution in [1.82, 2.24) is 0 Å². The van der Waals surface area contributed by atoms with Gasteiger partial charge in [0.05, 0.1) is 6.61 Å². The van der Waals surface area contributed by atoms with E-state index in [9.17, 15) is 9.50 Å². The van der Waals surface area contributed by atoms with Crippen LogP contribution in [0.25, 0.3) is 0 Å². The minimum absolute atomic E-state index is 0.0918. The van der Waals surface area contributed by atoms with Crippen molar-refractivity contribution in [3.8, 4) is 0 Å². The molecule has 2 aliphatic rings. The van der Waals surface area contributed by atoms with Crippen molar-refractivity contribution in [2.75, 3.05) is 18.0 Å².